The number of hydrogen-bond donors (Lipinski definition) is 2. The number of aryl methyl sites for hydroxylation is 1. The third-order valence-corrected chi connectivity index (χ3v) is 5.63. The molecular formula is C28H30N6O2. The van der Waals surface area contributed by atoms with E-state index in [2.05, 4.69) is 34.3 Å². The molecule has 0 saturated heterocycles. The van der Waals surface area contributed by atoms with E-state index in [0.717, 1.165) is 11.3 Å². The molecule has 0 unspecified atom stereocenters. The lowest BCUT2D eigenvalue weighted by molar-refractivity contribution is 0.306. The molecule has 0 amide bonds. The molecule has 0 saturated carbocycles. The number of ether oxygens (including phenoxy) is 1. The highest BCUT2D eigenvalue weighted by Gasteiger charge is 2.20. The molecule has 0 aliphatic heterocycles. The minimum absolute atomic E-state index is 0.227. The SMILES string of the molecule is CC.CNc1cccc(-n2c(=O)n(-c3ccc(OCc4cccc(C)c4)cc3)c3c(N)ncnc32)c1. The van der Waals surface area contributed by atoms with E-state index in [1.54, 1.807) is 0 Å². The number of rotatable bonds is 6. The lowest BCUT2D eigenvalue weighted by atomic mass is 10.1. The van der Waals surface area contributed by atoms with E-state index < -0.39 is 0 Å². The Labute approximate surface area is 210 Å². The second-order valence-electron chi connectivity index (χ2n) is 7.96. The maximum Gasteiger partial charge on any atom is 0.339 e. The predicted molar refractivity (Wildman–Crippen MR) is 145 cm³/mol. The first-order valence-electron chi connectivity index (χ1n) is 11.9. The van der Waals surface area contributed by atoms with E-state index in [1.165, 1.54) is 21.0 Å². The van der Waals surface area contributed by atoms with Gasteiger partial charge in [-0.1, -0.05) is 49.7 Å². The first-order valence-corrected chi connectivity index (χ1v) is 11.9. The van der Waals surface area contributed by atoms with Gasteiger partial charge in [-0.05, 0) is 55.0 Å². The van der Waals surface area contributed by atoms with Crippen molar-refractivity contribution in [2.75, 3.05) is 18.1 Å². The lowest BCUT2D eigenvalue weighted by Gasteiger charge is -2.09. The first kappa shape index (κ1) is 24.5. The summed E-state index contributed by atoms with van der Waals surface area (Å²) in [4.78, 5) is 22.1. The van der Waals surface area contributed by atoms with E-state index >= 15 is 0 Å². The average molecular weight is 483 g/mol. The maximum absolute atomic E-state index is 13.6. The van der Waals surface area contributed by atoms with Crippen molar-refractivity contribution in [3.05, 3.63) is 101 Å². The Morgan fingerprint density at radius 3 is 2.39 bits per heavy atom. The van der Waals surface area contributed by atoms with Crippen LogP contribution in [-0.4, -0.2) is 26.1 Å². The summed E-state index contributed by atoms with van der Waals surface area (Å²) in [6, 6.07) is 23.0. The normalized spacial score (nSPS) is 10.6. The minimum Gasteiger partial charge on any atom is -0.489 e. The van der Waals surface area contributed by atoms with E-state index in [-0.39, 0.29) is 11.5 Å². The number of nitrogens with two attached hydrogens (primary N) is 1. The lowest BCUT2D eigenvalue weighted by Crippen LogP contribution is -2.22. The Morgan fingerprint density at radius 1 is 0.917 bits per heavy atom. The molecule has 0 aliphatic rings. The summed E-state index contributed by atoms with van der Waals surface area (Å²) < 4.78 is 9.00. The van der Waals surface area contributed by atoms with Gasteiger partial charge in [0.25, 0.3) is 0 Å². The van der Waals surface area contributed by atoms with Crippen molar-refractivity contribution in [2.45, 2.75) is 27.4 Å². The number of aromatic nitrogens is 4. The summed E-state index contributed by atoms with van der Waals surface area (Å²) in [5, 5.41) is 3.09. The third-order valence-electron chi connectivity index (χ3n) is 5.63. The van der Waals surface area contributed by atoms with Gasteiger partial charge in [0.05, 0.1) is 11.4 Å². The molecule has 2 heterocycles. The molecule has 5 rings (SSSR count). The fourth-order valence-electron chi connectivity index (χ4n) is 3.98. The van der Waals surface area contributed by atoms with Crippen molar-refractivity contribution < 1.29 is 4.74 Å². The van der Waals surface area contributed by atoms with Crippen molar-refractivity contribution >= 4 is 22.7 Å². The number of nitrogens with one attached hydrogen (secondary N) is 1. The van der Waals surface area contributed by atoms with Crippen LogP contribution in [0.4, 0.5) is 11.5 Å². The molecule has 0 bridgehead atoms. The second kappa shape index (κ2) is 10.8. The van der Waals surface area contributed by atoms with Gasteiger partial charge >= 0.3 is 5.69 Å². The van der Waals surface area contributed by atoms with E-state index in [0.29, 0.717) is 34.9 Å². The highest BCUT2D eigenvalue weighted by molar-refractivity contribution is 5.85. The van der Waals surface area contributed by atoms with Gasteiger partial charge in [0, 0.05) is 12.7 Å². The summed E-state index contributed by atoms with van der Waals surface area (Å²) in [7, 11) is 1.83. The number of anilines is 2. The van der Waals surface area contributed by atoms with Crippen LogP contribution in [0.1, 0.15) is 25.0 Å². The number of nitrogen functional groups attached to an aromatic ring is 1. The summed E-state index contributed by atoms with van der Waals surface area (Å²) in [6.45, 7) is 6.51. The topological polar surface area (TPSA) is 100.0 Å². The Balaban J connectivity index is 0.00000148. The highest BCUT2D eigenvalue weighted by Crippen LogP contribution is 2.25. The number of nitrogens with zero attached hydrogens (tertiary/aromatic N) is 4. The van der Waals surface area contributed by atoms with Gasteiger partial charge in [0.2, 0.25) is 0 Å². The van der Waals surface area contributed by atoms with Gasteiger partial charge in [-0.25, -0.2) is 19.3 Å². The fourth-order valence-corrected chi connectivity index (χ4v) is 3.98. The van der Waals surface area contributed by atoms with Crippen LogP contribution in [0, 0.1) is 6.92 Å². The van der Waals surface area contributed by atoms with Crippen LogP contribution in [0.3, 0.4) is 0 Å². The Kier molecular flexibility index (Phi) is 7.34. The smallest absolute Gasteiger partial charge is 0.339 e. The van der Waals surface area contributed by atoms with Crippen LogP contribution < -0.4 is 21.5 Å². The Bertz CT molecular complexity index is 1540. The van der Waals surface area contributed by atoms with Crippen molar-refractivity contribution in [1.29, 1.82) is 0 Å². The van der Waals surface area contributed by atoms with E-state index in [1.807, 2.05) is 81.6 Å². The molecule has 0 spiro atoms. The van der Waals surface area contributed by atoms with Gasteiger partial charge in [0.15, 0.2) is 11.5 Å². The maximum atomic E-state index is 13.6. The molecule has 36 heavy (non-hydrogen) atoms. The molecule has 0 radical (unpaired) electrons. The predicted octanol–water partition coefficient (Wildman–Crippen LogP) is 5.11. The Morgan fingerprint density at radius 2 is 1.67 bits per heavy atom. The zero-order valence-corrected chi connectivity index (χ0v) is 20.9. The fraction of sp³-hybridized carbons (Fsp3) is 0.179. The standard InChI is InChI=1S/C26H24N6O2.C2H6/c1-17-5-3-6-18(13-17)15-34-22-11-9-20(10-12-22)31-23-24(27)29-16-30-25(23)32(26(31)33)21-8-4-7-19(14-21)28-2;1-2/h3-14,16,28H,15H2,1-2H3,(H2,27,29,30);1-2H3. The molecule has 5 aromatic rings. The van der Waals surface area contributed by atoms with Crippen LogP contribution in [-0.2, 0) is 6.61 Å². The number of fused-ring (bicyclic) bond motifs is 1. The summed E-state index contributed by atoms with van der Waals surface area (Å²) in [6.07, 6.45) is 1.36. The van der Waals surface area contributed by atoms with Crippen molar-refractivity contribution in [2.24, 2.45) is 0 Å². The number of benzene rings is 3. The molecule has 0 atom stereocenters. The van der Waals surface area contributed by atoms with Crippen LogP contribution >= 0.6 is 0 Å². The molecule has 2 aromatic heterocycles. The van der Waals surface area contributed by atoms with E-state index in [9.17, 15) is 4.79 Å². The second-order valence-corrected chi connectivity index (χ2v) is 7.96. The molecule has 184 valence electrons. The molecule has 0 aliphatic carbocycles. The van der Waals surface area contributed by atoms with Gasteiger partial charge in [-0.3, -0.25) is 4.57 Å². The quantitative estimate of drug-likeness (QED) is 0.349. The van der Waals surface area contributed by atoms with Crippen LogP contribution in [0.15, 0.2) is 83.9 Å². The van der Waals surface area contributed by atoms with Gasteiger partial charge < -0.3 is 15.8 Å². The van der Waals surface area contributed by atoms with Crippen LogP contribution in [0.5, 0.6) is 5.75 Å². The largest absolute Gasteiger partial charge is 0.489 e. The van der Waals surface area contributed by atoms with Gasteiger partial charge in [-0.15, -0.1) is 0 Å². The third kappa shape index (κ3) is 4.79. The average Bonchev–Trinajstić information content (AvgIpc) is 3.22. The molecule has 0 fully saturated rings. The first-order chi connectivity index (χ1) is 17.5. The summed E-state index contributed by atoms with van der Waals surface area (Å²) >= 11 is 0. The summed E-state index contributed by atoms with van der Waals surface area (Å²) in [5.74, 6) is 0.929. The molecule has 8 heteroatoms. The van der Waals surface area contributed by atoms with Crippen molar-refractivity contribution in [3.8, 4) is 17.1 Å². The minimum atomic E-state index is -0.288. The van der Waals surface area contributed by atoms with Gasteiger partial charge in [0.1, 0.15) is 24.2 Å². The van der Waals surface area contributed by atoms with Gasteiger partial charge in [-0.2, -0.15) is 0 Å². The number of hydrogen-bond acceptors (Lipinski definition) is 6. The van der Waals surface area contributed by atoms with Crippen LogP contribution in [0.25, 0.3) is 22.5 Å². The highest BCUT2D eigenvalue weighted by atomic mass is 16.5. The molecular weight excluding hydrogens is 452 g/mol. The molecule has 8 nitrogen and oxygen atoms in total. The zero-order valence-electron chi connectivity index (χ0n) is 20.9. The zero-order chi connectivity index (χ0) is 25.7. The van der Waals surface area contributed by atoms with Crippen molar-refractivity contribution in [3.63, 3.8) is 0 Å². The number of imidazole rings is 1. The molecule has 3 aromatic carbocycles. The van der Waals surface area contributed by atoms with Crippen LogP contribution in [0.2, 0.25) is 0 Å². The molecule has 3 N–H and O–H groups in total. The Hall–Kier alpha value is -4.59. The monoisotopic (exact) mass is 482 g/mol. The van der Waals surface area contributed by atoms with E-state index in [4.69, 9.17) is 10.5 Å². The van der Waals surface area contributed by atoms with Crippen molar-refractivity contribution in [1.82, 2.24) is 19.1 Å². The summed E-state index contributed by atoms with van der Waals surface area (Å²) in [5.41, 5.74) is 11.3.